The number of ether oxygens (including phenoxy) is 1. The summed E-state index contributed by atoms with van der Waals surface area (Å²) in [6, 6.07) is -0.635. The van der Waals surface area contributed by atoms with Crippen LogP contribution in [0.4, 0.5) is 0 Å². The second kappa shape index (κ2) is 68.3. The molecule has 0 rings (SSSR count). The molecule has 0 saturated heterocycles. The van der Waals surface area contributed by atoms with E-state index in [9.17, 15) is 19.8 Å². The molecule has 0 fully saturated rings. The molecule has 0 aliphatic heterocycles. The van der Waals surface area contributed by atoms with Crippen LogP contribution >= 0.6 is 0 Å². The van der Waals surface area contributed by atoms with Gasteiger partial charge in [0.2, 0.25) is 5.91 Å². The molecular formula is C73H137NO5. The minimum absolute atomic E-state index is 0.00223. The predicted molar refractivity (Wildman–Crippen MR) is 347 cm³/mol. The van der Waals surface area contributed by atoms with Crippen molar-refractivity contribution in [2.75, 3.05) is 13.2 Å². The molecule has 2 atom stereocenters. The number of aliphatic hydroxyl groups is 2. The third kappa shape index (κ3) is 64.8. The number of hydrogen-bond donors (Lipinski definition) is 3. The summed E-state index contributed by atoms with van der Waals surface area (Å²) >= 11 is 0. The molecule has 464 valence electrons. The van der Waals surface area contributed by atoms with Gasteiger partial charge in [0.1, 0.15) is 0 Å². The Morgan fingerprint density at radius 1 is 0.354 bits per heavy atom. The van der Waals surface area contributed by atoms with Crippen LogP contribution < -0.4 is 5.32 Å². The average Bonchev–Trinajstić information content (AvgIpc) is 3.45. The third-order valence-corrected chi connectivity index (χ3v) is 16.3. The monoisotopic (exact) mass is 1110 g/mol. The van der Waals surface area contributed by atoms with E-state index in [1.807, 2.05) is 6.08 Å². The van der Waals surface area contributed by atoms with Gasteiger partial charge in [0.25, 0.3) is 0 Å². The second-order valence-electron chi connectivity index (χ2n) is 24.2. The molecule has 79 heavy (non-hydrogen) atoms. The number of carbonyl (C=O) groups excluding carboxylic acids is 2. The van der Waals surface area contributed by atoms with Gasteiger partial charge >= 0.3 is 5.97 Å². The molecule has 0 heterocycles. The zero-order valence-corrected chi connectivity index (χ0v) is 53.1. The van der Waals surface area contributed by atoms with E-state index < -0.39 is 12.1 Å². The Balaban J connectivity index is 3.45. The maximum Gasteiger partial charge on any atom is 0.305 e. The van der Waals surface area contributed by atoms with E-state index in [0.29, 0.717) is 19.4 Å². The Kier molecular flexibility index (Phi) is 66.4. The summed E-state index contributed by atoms with van der Waals surface area (Å²) in [5.74, 6) is -0.0735. The lowest BCUT2D eigenvalue weighted by Gasteiger charge is -2.20. The summed E-state index contributed by atoms with van der Waals surface area (Å²) in [6.07, 6.45) is 89.0. The Hall–Kier alpha value is -2.18. The standard InChI is InChI=1S/C73H137NO5/c1-3-5-7-9-11-13-15-17-19-21-22-23-25-28-31-34-37-41-45-49-53-57-61-65-71(76)70(69-75)74-72(77)66-62-58-54-50-46-42-38-35-32-29-26-24-27-30-33-36-40-44-48-52-56-60-64-68-79-73(78)67-63-59-55-51-47-43-39-20-18-16-14-12-10-8-6-4-2/h14,16,20,29,32,39,61,65,70-71,75-76H,3-13,15,17-19,21-28,30-31,33-38,40-60,62-64,66-69H2,1-2H3,(H,74,77)/b16-14-,32-29-,39-20-,65-61+. The van der Waals surface area contributed by atoms with Gasteiger partial charge in [-0.25, -0.2) is 0 Å². The molecule has 0 aromatic rings. The number of allylic oxidation sites excluding steroid dienone is 7. The van der Waals surface area contributed by atoms with Gasteiger partial charge in [0.15, 0.2) is 0 Å². The van der Waals surface area contributed by atoms with E-state index in [0.717, 1.165) is 57.8 Å². The Bertz CT molecular complexity index is 1320. The lowest BCUT2D eigenvalue weighted by molar-refractivity contribution is -0.143. The third-order valence-electron chi connectivity index (χ3n) is 16.3. The minimum atomic E-state index is -0.851. The van der Waals surface area contributed by atoms with Crippen molar-refractivity contribution >= 4 is 11.9 Å². The van der Waals surface area contributed by atoms with Crippen LogP contribution in [0.1, 0.15) is 380 Å². The van der Waals surface area contributed by atoms with Gasteiger partial charge in [0, 0.05) is 12.8 Å². The lowest BCUT2D eigenvalue weighted by atomic mass is 10.0. The molecule has 2 unspecified atom stereocenters. The summed E-state index contributed by atoms with van der Waals surface area (Å²) in [7, 11) is 0. The molecule has 6 nitrogen and oxygen atoms in total. The van der Waals surface area contributed by atoms with Gasteiger partial charge in [-0.05, 0) is 89.9 Å². The van der Waals surface area contributed by atoms with E-state index in [1.54, 1.807) is 6.08 Å². The first kappa shape index (κ1) is 76.8. The molecule has 0 saturated carbocycles. The number of amides is 1. The van der Waals surface area contributed by atoms with Crippen molar-refractivity contribution in [3.63, 3.8) is 0 Å². The van der Waals surface area contributed by atoms with Crippen LogP contribution in [0.2, 0.25) is 0 Å². The fourth-order valence-electron chi connectivity index (χ4n) is 10.9. The van der Waals surface area contributed by atoms with Crippen molar-refractivity contribution in [3.8, 4) is 0 Å². The Labute approximate surface area is 493 Å². The van der Waals surface area contributed by atoms with Crippen LogP contribution in [0.5, 0.6) is 0 Å². The van der Waals surface area contributed by atoms with Crippen molar-refractivity contribution in [1.82, 2.24) is 5.32 Å². The first-order valence-electron chi connectivity index (χ1n) is 35.4. The van der Waals surface area contributed by atoms with Crippen LogP contribution in [0.3, 0.4) is 0 Å². The van der Waals surface area contributed by atoms with E-state index in [-0.39, 0.29) is 18.5 Å². The van der Waals surface area contributed by atoms with E-state index in [4.69, 9.17) is 4.74 Å². The van der Waals surface area contributed by atoms with Crippen LogP contribution in [0, 0.1) is 0 Å². The zero-order valence-electron chi connectivity index (χ0n) is 53.1. The molecule has 0 aromatic heterocycles. The maximum absolute atomic E-state index is 12.5. The van der Waals surface area contributed by atoms with Gasteiger partial charge < -0.3 is 20.3 Å². The summed E-state index contributed by atoms with van der Waals surface area (Å²) < 4.78 is 5.49. The first-order valence-corrected chi connectivity index (χ1v) is 35.4. The number of hydrogen-bond acceptors (Lipinski definition) is 5. The minimum Gasteiger partial charge on any atom is -0.466 e. The molecule has 0 bridgehead atoms. The SMILES string of the molecule is CCCCCC/C=C\C/C=C\CCCCCCCC(=O)OCCCCCCCCCCCCCC/C=C\CCCCCCCCCC(=O)NC(CO)C(O)/C=C/CCCCCCCCCCCCCCCCCCCCCCC. The first-order chi connectivity index (χ1) is 39.0. The summed E-state index contributed by atoms with van der Waals surface area (Å²) in [5.41, 5.74) is 0. The van der Waals surface area contributed by atoms with Crippen LogP contribution in [0.15, 0.2) is 48.6 Å². The lowest BCUT2D eigenvalue weighted by Crippen LogP contribution is -2.45. The van der Waals surface area contributed by atoms with Crippen molar-refractivity contribution in [3.05, 3.63) is 48.6 Å². The highest BCUT2D eigenvalue weighted by Crippen LogP contribution is 2.18. The van der Waals surface area contributed by atoms with E-state index >= 15 is 0 Å². The average molecular weight is 1110 g/mol. The summed E-state index contributed by atoms with van der Waals surface area (Å²) in [5, 5.41) is 23.3. The zero-order chi connectivity index (χ0) is 57.1. The largest absolute Gasteiger partial charge is 0.466 e. The highest BCUT2D eigenvalue weighted by Gasteiger charge is 2.18. The van der Waals surface area contributed by atoms with E-state index in [2.05, 4.69) is 55.6 Å². The fraction of sp³-hybridized carbons (Fsp3) is 0.863. The number of rotatable bonds is 66. The van der Waals surface area contributed by atoms with Crippen molar-refractivity contribution in [1.29, 1.82) is 0 Å². The smallest absolute Gasteiger partial charge is 0.305 e. The molecule has 0 radical (unpaired) electrons. The van der Waals surface area contributed by atoms with Crippen LogP contribution in [-0.2, 0) is 14.3 Å². The molecule has 0 aliphatic carbocycles. The molecule has 0 aromatic carbocycles. The number of aliphatic hydroxyl groups excluding tert-OH is 2. The number of esters is 1. The molecule has 6 heteroatoms. The quantitative estimate of drug-likeness (QED) is 0.0320. The maximum atomic E-state index is 12.5. The topological polar surface area (TPSA) is 95.9 Å². The fourth-order valence-corrected chi connectivity index (χ4v) is 10.9. The Morgan fingerprint density at radius 2 is 0.633 bits per heavy atom. The van der Waals surface area contributed by atoms with Crippen molar-refractivity contribution in [2.45, 2.75) is 392 Å². The normalized spacial score (nSPS) is 12.8. The molecule has 3 N–H and O–H groups in total. The number of nitrogens with one attached hydrogen (secondary N) is 1. The van der Waals surface area contributed by atoms with Crippen LogP contribution in [0.25, 0.3) is 0 Å². The van der Waals surface area contributed by atoms with Crippen LogP contribution in [-0.4, -0.2) is 47.4 Å². The van der Waals surface area contributed by atoms with Gasteiger partial charge in [-0.3, -0.25) is 9.59 Å². The number of unbranched alkanes of at least 4 members (excludes halogenated alkanes) is 49. The van der Waals surface area contributed by atoms with Gasteiger partial charge in [0.05, 0.1) is 25.4 Å². The molecular weight excluding hydrogens is 971 g/mol. The van der Waals surface area contributed by atoms with Gasteiger partial charge in [-0.1, -0.05) is 326 Å². The van der Waals surface area contributed by atoms with Gasteiger partial charge in [-0.15, -0.1) is 0 Å². The molecule has 1 amide bonds. The van der Waals surface area contributed by atoms with Crippen molar-refractivity contribution in [2.24, 2.45) is 0 Å². The van der Waals surface area contributed by atoms with Gasteiger partial charge in [-0.2, -0.15) is 0 Å². The molecule has 0 spiro atoms. The summed E-state index contributed by atoms with van der Waals surface area (Å²) in [4.78, 5) is 24.6. The number of carbonyl (C=O) groups is 2. The van der Waals surface area contributed by atoms with Crippen molar-refractivity contribution < 1.29 is 24.5 Å². The van der Waals surface area contributed by atoms with E-state index in [1.165, 1.54) is 295 Å². The highest BCUT2D eigenvalue weighted by atomic mass is 16.5. The second-order valence-corrected chi connectivity index (χ2v) is 24.2. The molecule has 0 aliphatic rings. The predicted octanol–water partition coefficient (Wildman–Crippen LogP) is 22.9. The Morgan fingerprint density at radius 3 is 0.987 bits per heavy atom. The summed E-state index contributed by atoms with van der Waals surface area (Å²) in [6.45, 7) is 4.90. The highest BCUT2D eigenvalue weighted by molar-refractivity contribution is 5.76.